The molecule has 4 rings (SSSR count). The molecule has 2 aromatic heterocycles. The number of hydrogen-bond donors (Lipinski definition) is 1. The van der Waals surface area contributed by atoms with Gasteiger partial charge < -0.3 is 24.1 Å². The van der Waals surface area contributed by atoms with Crippen LogP contribution < -0.4 is 9.47 Å². The van der Waals surface area contributed by atoms with Gasteiger partial charge in [0.05, 0.1) is 30.5 Å². The predicted octanol–water partition coefficient (Wildman–Crippen LogP) is 5.68. The second kappa shape index (κ2) is 10.8. The third-order valence-corrected chi connectivity index (χ3v) is 6.46. The molecule has 1 aliphatic rings. The number of ether oxygens (including phenoxy) is 3. The van der Waals surface area contributed by atoms with Crippen molar-refractivity contribution in [2.45, 2.75) is 45.6 Å². The van der Waals surface area contributed by atoms with Crippen molar-refractivity contribution in [3.8, 4) is 11.5 Å². The van der Waals surface area contributed by atoms with Crippen LogP contribution in [-0.2, 0) is 11.2 Å². The standard InChI is InChI=1S/C27H32ClN3O5/c1-27(2,3)36-26(33)31-9-6-17(7-10-31)16-35-20-11-19(14-29-15-20)23(32)13-18-12-22(28)24-21(5-8-30-24)25(18)34-4/h5,8,11-12,14-15,17,30H,6-7,9-10,13,16H2,1-4H3. The summed E-state index contributed by atoms with van der Waals surface area (Å²) in [5.74, 6) is 1.37. The Hall–Kier alpha value is -3.26. The van der Waals surface area contributed by atoms with E-state index in [1.54, 1.807) is 36.5 Å². The maximum atomic E-state index is 13.1. The van der Waals surface area contributed by atoms with Gasteiger partial charge >= 0.3 is 6.09 Å². The molecule has 0 unspecified atom stereocenters. The fraction of sp³-hybridized carbons (Fsp3) is 0.444. The van der Waals surface area contributed by atoms with Gasteiger partial charge in [0.2, 0.25) is 0 Å². The molecule has 1 fully saturated rings. The minimum absolute atomic E-state index is 0.108. The van der Waals surface area contributed by atoms with Crippen LogP contribution in [0.5, 0.6) is 11.5 Å². The molecule has 192 valence electrons. The number of halogens is 1. The van der Waals surface area contributed by atoms with E-state index in [0.717, 1.165) is 23.7 Å². The lowest BCUT2D eigenvalue weighted by molar-refractivity contribution is 0.0165. The summed E-state index contributed by atoms with van der Waals surface area (Å²) in [7, 11) is 1.58. The lowest BCUT2D eigenvalue weighted by Crippen LogP contribution is -2.42. The summed E-state index contributed by atoms with van der Waals surface area (Å²) in [4.78, 5) is 34.4. The smallest absolute Gasteiger partial charge is 0.410 e. The number of pyridine rings is 1. The molecule has 36 heavy (non-hydrogen) atoms. The topological polar surface area (TPSA) is 93.8 Å². The Labute approximate surface area is 215 Å². The largest absolute Gasteiger partial charge is 0.496 e. The first-order valence-electron chi connectivity index (χ1n) is 12.1. The second-order valence-electron chi connectivity index (χ2n) is 10.0. The number of piperidine rings is 1. The number of nitrogens with zero attached hydrogens (tertiary/aromatic N) is 2. The number of benzene rings is 1. The summed E-state index contributed by atoms with van der Waals surface area (Å²) in [5, 5.41) is 1.37. The molecule has 8 nitrogen and oxygen atoms in total. The van der Waals surface area contributed by atoms with E-state index in [9.17, 15) is 9.59 Å². The number of fused-ring (bicyclic) bond motifs is 1. The predicted molar refractivity (Wildman–Crippen MR) is 138 cm³/mol. The van der Waals surface area contributed by atoms with Gasteiger partial charge in [-0.2, -0.15) is 0 Å². The van der Waals surface area contributed by atoms with Crippen LogP contribution in [0.3, 0.4) is 0 Å². The van der Waals surface area contributed by atoms with E-state index in [-0.39, 0.29) is 18.3 Å². The van der Waals surface area contributed by atoms with Crippen molar-refractivity contribution >= 4 is 34.4 Å². The van der Waals surface area contributed by atoms with Crippen LogP contribution in [0.25, 0.3) is 10.9 Å². The van der Waals surface area contributed by atoms with Crippen molar-refractivity contribution in [2.24, 2.45) is 5.92 Å². The Morgan fingerprint density at radius 1 is 1.19 bits per heavy atom. The van der Waals surface area contributed by atoms with Crippen LogP contribution in [0.2, 0.25) is 5.02 Å². The third kappa shape index (κ3) is 6.10. The van der Waals surface area contributed by atoms with Gasteiger partial charge in [0, 0.05) is 48.4 Å². The minimum Gasteiger partial charge on any atom is -0.496 e. The summed E-state index contributed by atoms with van der Waals surface area (Å²) in [6, 6.07) is 5.35. The Morgan fingerprint density at radius 3 is 2.64 bits per heavy atom. The first-order valence-corrected chi connectivity index (χ1v) is 12.4. The highest BCUT2D eigenvalue weighted by atomic mass is 35.5. The van der Waals surface area contributed by atoms with E-state index >= 15 is 0 Å². The van der Waals surface area contributed by atoms with Gasteiger partial charge in [0.25, 0.3) is 0 Å². The number of ketones is 1. The molecule has 3 heterocycles. The van der Waals surface area contributed by atoms with E-state index < -0.39 is 5.60 Å². The lowest BCUT2D eigenvalue weighted by Gasteiger charge is -2.33. The average molecular weight is 514 g/mol. The van der Waals surface area contributed by atoms with E-state index in [4.69, 9.17) is 25.8 Å². The number of Topliss-reactive ketones (excluding diaryl/α,β-unsaturated/α-hetero) is 1. The molecule has 0 atom stereocenters. The van der Waals surface area contributed by atoms with Gasteiger partial charge in [-0.25, -0.2) is 4.79 Å². The zero-order valence-electron chi connectivity index (χ0n) is 21.1. The van der Waals surface area contributed by atoms with Gasteiger partial charge in [-0.05, 0) is 57.7 Å². The maximum Gasteiger partial charge on any atom is 0.410 e. The molecule has 0 aliphatic carbocycles. The molecule has 0 bridgehead atoms. The molecular weight excluding hydrogens is 482 g/mol. The van der Waals surface area contributed by atoms with Crippen molar-refractivity contribution in [3.63, 3.8) is 0 Å². The van der Waals surface area contributed by atoms with Gasteiger partial charge in [0.1, 0.15) is 17.1 Å². The van der Waals surface area contributed by atoms with Crippen LogP contribution in [0.1, 0.15) is 49.5 Å². The SMILES string of the molecule is COc1c(CC(=O)c2cncc(OCC3CCN(C(=O)OC(C)(C)C)CC3)c2)cc(Cl)c2[nH]ccc12. The summed E-state index contributed by atoms with van der Waals surface area (Å²) >= 11 is 6.40. The summed E-state index contributed by atoms with van der Waals surface area (Å²) in [6.45, 7) is 7.36. The Kier molecular flexibility index (Phi) is 7.73. The van der Waals surface area contributed by atoms with Crippen molar-refractivity contribution in [3.05, 3.63) is 52.9 Å². The highest BCUT2D eigenvalue weighted by Gasteiger charge is 2.27. The lowest BCUT2D eigenvalue weighted by atomic mass is 9.98. The molecule has 1 aromatic carbocycles. The Balaban J connectivity index is 1.34. The highest BCUT2D eigenvalue weighted by molar-refractivity contribution is 6.35. The molecular formula is C27H32ClN3O5. The van der Waals surface area contributed by atoms with E-state index in [1.165, 1.54) is 6.20 Å². The third-order valence-electron chi connectivity index (χ3n) is 6.17. The van der Waals surface area contributed by atoms with Gasteiger partial charge in [0.15, 0.2) is 5.78 Å². The van der Waals surface area contributed by atoms with E-state index in [2.05, 4.69) is 9.97 Å². The normalized spacial score (nSPS) is 14.6. The van der Waals surface area contributed by atoms with Crippen molar-refractivity contribution in [1.29, 1.82) is 0 Å². The van der Waals surface area contributed by atoms with Crippen LogP contribution >= 0.6 is 11.6 Å². The number of aromatic nitrogens is 2. The highest BCUT2D eigenvalue weighted by Crippen LogP contribution is 2.35. The first kappa shape index (κ1) is 25.8. The fourth-order valence-electron chi connectivity index (χ4n) is 4.34. The average Bonchev–Trinajstić information content (AvgIpc) is 3.33. The maximum absolute atomic E-state index is 13.1. The van der Waals surface area contributed by atoms with Crippen molar-refractivity contribution < 1.29 is 23.8 Å². The number of nitrogens with one attached hydrogen (secondary N) is 1. The summed E-state index contributed by atoms with van der Waals surface area (Å²) in [5.41, 5.74) is 1.44. The molecule has 1 amide bonds. The number of hydrogen-bond acceptors (Lipinski definition) is 6. The zero-order valence-corrected chi connectivity index (χ0v) is 21.9. The van der Waals surface area contributed by atoms with Crippen molar-refractivity contribution in [1.82, 2.24) is 14.9 Å². The molecule has 3 aromatic rings. The fourth-order valence-corrected chi connectivity index (χ4v) is 4.63. The van der Waals surface area contributed by atoms with Gasteiger partial charge in [-0.3, -0.25) is 9.78 Å². The molecule has 1 aliphatic heterocycles. The molecule has 0 radical (unpaired) electrons. The number of likely N-dealkylation sites (tertiary alicyclic amines) is 1. The van der Waals surface area contributed by atoms with Crippen LogP contribution in [0, 0.1) is 5.92 Å². The number of methoxy groups -OCH3 is 1. The second-order valence-corrected chi connectivity index (χ2v) is 10.5. The minimum atomic E-state index is -0.501. The number of rotatable bonds is 7. The number of carbonyl (C=O) groups is 2. The quantitative estimate of drug-likeness (QED) is 0.409. The van der Waals surface area contributed by atoms with Gasteiger partial charge in [-0.15, -0.1) is 0 Å². The molecule has 0 spiro atoms. The van der Waals surface area contributed by atoms with Crippen LogP contribution in [0.15, 0.2) is 36.8 Å². The Bertz CT molecular complexity index is 1240. The Morgan fingerprint density at radius 2 is 1.94 bits per heavy atom. The van der Waals surface area contributed by atoms with E-state index in [1.807, 2.05) is 26.8 Å². The molecule has 0 saturated carbocycles. The number of H-pyrrole nitrogens is 1. The molecule has 1 N–H and O–H groups in total. The van der Waals surface area contributed by atoms with E-state index in [0.29, 0.717) is 53.3 Å². The molecule has 1 saturated heterocycles. The first-order chi connectivity index (χ1) is 17.1. The van der Waals surface area contributed by atoms with Crippen LogP contribution in [-0.4, -0.2) is 59.2 Å². The number of aromatic amines is 1. The number of amides is 1. The zero-order chi connectivity index (χ0) is 25.9. The molecule has 9 heteroatoms. The number of carbonyl (C=O) groups excluding carboxylic acids is 2. The van der Waals surface area contributed by atoms with Gasteiger partial charge in [-0.1, -0.05) is 11.6 Å². The van der Waals surface area contributed by atoms with Crippen molar-refractivity contribution in [2.75, 3.05) is 26.8 Å². The monoisotopic (exact) mass is 513 g/mol. The van der Waals surface area contributed by atoms with Crippen LogP contribution in [0.4, 0.5) is 4.79 Å². The summed E-state index contributed by atoms with van der Waals surface area (Å²) < 4.78 is 17.0. The summed E-state index contributed by atoms with van der Waals surface area (Å²) in [6.07, 6.45) is 6.44.